The molecule has 2 N–H and O–H groups in total. The molecule has 0 amide bonds. The fraction of sp³-hybridized carbons (Fsp3) is 0.952. The number of rotatable bonds is 16. The lowest BCUT2D eigenvalue weighted by atomic mass is 10.0. The van der Waals surface area contributed by atoms with Gasteiger partial charge in [0, 0.05) is 18.3 Å². The first-order valence-electron chi connectivity index (χ1n) is 10.6. The largest absolute Gasteiger partial charge is 0.465 e. The molecule has 0 bridgehead atoms. The minimum Gasteiger partial charge on any atom is -0.465 e. The topological polar surface area (TPSA) is 52.3 Å². The molecule has 0 radical (unpaired) electrons. The van der Waals surface area contributed by atoms with Crippen LogP contribution >= 0.6 is 15.9 Å². The molecule has 0 aliphatic carbocycles. The van der Waals surface area contributed by atoms with E-state index >= 15 is 0 Å². The molecule has 0 rings (SSSR count). The Hall–Kier alpha value is -0.0900. The fourth-order valence-corrected chi connectivity index (χ4v) is 3.29. The molecule has 152 valence electrons. The lowest BCUT2D eigenvalue weighted by molar-refractivity contribution is -0.140. The molecule has 0 spiro atoms. The standard InChI is InChI=1S/C17H35Br.C4H9NO2/c1-3-5-7-9-11-13-15-17(18)16-14-12-10-8-6-4-2;1-4(6)7-3-2-5/h17H,3-16H2,1-2H3;2-3,5H2,1H3. The summed E-state index contributed by atoms with van der Waals surface area (Å²) >= 11 is 3.84. The van der Waals surface area contributed by atoms with Gasteiger partial charge in [0.2, 0.25) is 0 Å². The van der Waals surface area contributed by atoms with Crippen molar-refractivity contribution in [2.75, 3.05) is 13.2 Å². The van der Waals surface area contributed by atoms with Gasteiger partial charge in [-0.05, 0) is 12.8 Å². The second kappa shape index (κ2) is 23.9. The van der Waals surface area contributed by atoms with Crippen molar-refractivity contribution >= 4 is 21.9 Å². The molecule has 0 heterocycles. The molecule has 25 heavy (non-hydrogen) atoms. The van der Waals surface area contributed by atoms with Crippen molar-refractivity contribution in [2.24, 2.45) is 5.73 Å². The van der Waals surface area contributed by atoms with E-state index in [2.05, 4.69) is 34.5 Å². The second-order valence-electron chi connectivity index (χ2n) is 6.84. The first kappa shape index (κ1) is 27.1. The van der Waals surface area contributed by atoms with Crippen molar-refractivity contribution < 1.29 is 9.53 Å². The summed E-state index contributed by atoms with van der Waals surface area (Å²) in [6.45, 7) is 6.66. The van der Waals surface area contributed by atoms with Crippen LogP contribution in [0.2, 0.25) is 0 Å². The Bertz CT molecular complexity index is 246. The highest BCUT2D eigenvalue weighted by atomic mass is 79.9. The van der Waals surface area contributed by atoms with E-state index in [1.807, 2.05) is 0 Å². The lowest BCUT2D eigenvalue weighted by Crippen LogP contribution is -2.10. The second-order valence-corrected chi connectivity index (χ2v) is 8.13. The van der Waals surface area contributed by atoms with Crippen LogP contribution in [-0.4, -0.2) is 23.9 Å². The van der Waals surface area contributed by atoms with Crippen LogP contribution < -0.4 is 5.73 Å². The molecular formula is C21H44BrNO2. The Morgan fingerprint density at radius 1 is 0.840 bits per heavy atom. The van der Waals surface area contributed by atoms with Crippen LogP contribution in [0, 0.1) is 0 Å². The Morgan fingerprint density at radius 2 is 1.24 bits per heavy atom. The number of unbranched alkanes of at least 4 members (excludes halogenated alkanes) is 10. The van der Waals surface area contributed by atoms with Gasteiger partial charge in [-0.1, -0.05) is 107 Å². The van der Waals surface area contributed by atoms with Crippen LogP contribution in [0.15, 0.2) is 0 Å². The van der Waals surface area contributed by atoms with Gasteiger partial charge < -0.3 is 10.5 Å². The third-order valence-corrected chi connectivity index (χ3v) is 5.08. The van der Waals surface area contributed by atoms with E-state index in [0.29, 0.717) is 13.2 Å². The summed E-state index contributed by atoms with van der Waals surface area (Å²) in [5.41, 5.74) is 5.00. The molecular weight excluding hydrogens is 378 g/mol. The van der Waals surface area contributed by atoms with Crippen LogP contribution in [0.3, 0.4) is 0 Å². The van der Waals surface area contributed by atoms with Crippen molar-refractivity contribution in [3.05, 3.63) is 0 Å². The quantitative estimate of drug-likeness (QED) is 0.170. The molecule has 4 heteroatoms. The highest BCUT2D eigenvalue weighted by molar-refractivity contribution is 9.09. The van der Waals surface area contributed by atoms with Gasteiger partial charge in [-0.3, -0.25) is 4.79 Å². The van der Waals surface area contributed by atoms with Crippen LogP contribution in [-0.2, 0) is 9.53 Å². The minimum absolute atomic E-state index is 0.273. The number of esters is 1. The highest BCUT2D eigenvalue weighted by Gasteiger charge is 2.03. The molecule has 0 aliphatic rings. The van der Waals surface area contributed by atoms with Gasteiger partial charge in [-0.25, -0.2) is 0 Å². The van der Waals surface area contributed by atoms with Crippen molar-refractivity contribution in [3.8, 4) is 0 Å². The van der Waals surface area contributed by atoms with Crippen LogP contribution in [0.1, 0.15) is 111 Å². The minimum atomic E-state index is -0.273. The molecule has 0 aromatic heterocycles. The average Bonchev–Trinajstić information content (AvgIpc) is 2.59. The summed E-state index contributed by atoms with van der Waals surface area (Å²) in [7, 11) is 0. The van der Waals surface area contributed by atoms with Gasteiger partial charge in [0.25, 0.3) is 0 Å². The van der Waals surface area contributed by atoms with E-state index in [0.717, 1.165) is 4.83 Å². The summed E-state index contributed by atoms with van der Waals surface area (Å²) in [4.78, 5) is 10.7. The summed E-state index contributed by atoms with van der Waals surface area (Å²) in [6, 6.07) is 0. The lowest BCUT2D eigenvalue weighted by Gasteiger charge is -2.09. The predicted octanol–water partition coefficient (Wildman–Crippen LogP) is 6.76. The maximum atomic E-state index is 9.92. The maximum absolute atomic E-state index is 9.92. The summed E-state index contributed by atoms with van der Waals surface area (Å²) in [5, 5.41) is 0. The Labute approximate surface area is 166 Å². The van der Waals surface area contributed by atoms with Gasteiger partial charge in [0.1, 0.15) is 6.61 Å². The number of carbonyl (C=O) groups excluding carboxylic acids is 1. The van der Waals surface area contributed by atoms with Gasteiger partial charge in [-0.2, -0.15) is 0 Å². The molecule has 0 fully saturated rings. The Morgan fingerprint density at radius 3 is 1.56 bits per heavy atom. The van der Waals surface area contributed by atoms with Crippen molar-refractivity contribution in [2.45, 2.75) is 115 Å². The van der Waals surface area contributed by atoms with E-state index in [1.165, 1.54) is 96.8 Å². The zero-order chi connectivity index (χ0) is 19.2. The average molecular weight is 422 g/mol. The molecule has 0 aromatic carbocycles. The van der Waals surface area contributed by atoms with Gasteiger partial charge >= 0.3 is 5.97 Å². The molecule has 0 unspecified atom stereocenters. The molecule has 0 atom stereocenters. The van der Waals surface area contributed by atoms with E-state index in [4.69, 9.17) is 5.73 Å². The molecule has 0 saturated carbocycles. The predicted molar refractivity (Wildman–Crippen MR) is 114 cm³/mol. The third kappa shape index (κ3) is 29.0. The summed E-state index contributed by atoms with van der Waals surface area (Å²) in [6.07, 6.45) is 19.9. The molecule has 3 nitrogen and oxygen atoms in total. The van der Waals surface area contributed by atoms with Crippen molar-refractivity contribution in [1.82, 2.24) is 0 Å². The molecule has 0 aromatic rings. The number of halogens is 1. The highest BCUT2D eigenvalue weighted by Crippen LogP contribution is 2.19. The summed E-state index contributed by atoms with van der Waals surface area (Å²) < 4.78 is 4.43. The number of hydrogen-bond acceptors (Lipinski definition) is 3. The first-order valence-corrected chi connectivity index (χ1v) is 11.5. The molecule has 0 saturated heterocycles. The third-order valence-electron chi connectivity index (χ3n) is 4.16. The zero-order valence-corrected chi connectivity index (χ0v) is 18.7. The van der Waals surface area contributed by atoms with E-state index in [1.54, 1.807) is 0 Å². The van der Waals surface area contributed by atoms with E-state index in [-0.39, 0.29) is 5.97 Å². The van der Waals surface area contributed by atoms with Crippen LogP contribution in [0.5, 0.6) is 0 Å². The Kier molecular flexibility index (Phi) is 25.9. The van der Waals surface area contributed by atoms with Crippen molar-refractivity contribution in [3.63, 3.8) is 0 Å². The normalized spacial score (nSPS) is 10.5. The Balaban J connectivity index is 0. The van der Waals surface area contributed by atoms with Crippen molar-refractivity contribution in [1.29, 1.82) is 0 Å². The first-order chi connectivity index (χ1) is 12.1. The fourth-order valence-electron chi connectivity index (χ4n) is 2.64. The number of hydrogen-bond donors (Lipinski definition) is 1. The summed E-state index contributed by atoms with van der Waals surface area (Å²) in [5.74, 6) is -0.273. The van der Waals surface area contributed by atoms with Gasteiger partial charge in [0.15, 0.2) is 0 Å². The van der Waals surface area contributed by atoms with Gasteiger partial charge in [0.05, 0.1) is 0 Å². The van der Waals surface area contributed by atoms with E-state index in [9.17, 15) is 4.79 Å². The number of ether oxygens (including phenoxy) is 1. The number of carbonyl (C=O) groups is 1. The number of alkyl halides is 1. The van der Waals surface area contributed by atoms with Crippen LogP contribution in [0.25, 0.3) is 0 Å². The molecule has 0 aliphatic heterocycles. The van der Waals surface area contributed by atoms with Gasteiger partial charge in [-0.15, -0.1) is 0 Å². The number of nitrogens with two attached hydrogens (primary N) is 1. The smallest absolute Gasteiger partial charge is 0.302 e. The SMILES string of the molecule is CC(=O)OCCN.CCCCCCCCC(Br)CCCCCCCC. The zero-order valence-electron chi connectivity index (χ0n) is 17.2. The van der Waals surface area contributed by atoms with E-state index < -0.39 is 0 Å². The maximum Gasteiger partial charge on any atom is 0.302 e. The van der Waals surface area contributed by atoms with Crippen LogP contribution in [0.4, 0.5) is 0 Å². The monoisotopic (exact) mass is 421 g/mol.